The molecule has 1 N–H and O–H groups in total. The van der Waals surface area contributed by atoms with E-state index in [1.165, 1.54) is 31.0 Å². The number of rotatable bonds is 6. The highest BCUT2D eigenvalue weighted by Gasteiger charge is 2.41. The van der Waals surface area contributed by atoms with Gasteiger partial charge in [-0.05, 0) is 42.9 Å². The maximum atomic E-state index is 12.6. The molecule has 0 aromatic heterocycles. The van der Waals surface area contributed by atoms with Crippen LogP contribution in [0.2, 0.25) is 0 Å². The largest absolute Gasteiger partial charge is 0.466 e. The number of nitrogens with one attached hydrogen (secondary N) is 1. The Hall–Kier alpha value is -3.14. The molecule has 2 heterocycles. The minimum atomic E-state index is -0.597. The van der Waals surface area contributed by atoms with E-state index in [0.29, 0.717) is 27.7 Å². The van der Waals surface area contributed by atoms with Gasteiger partial charge < -0.3 is 15.0 Å². The number of hydrogen-bond donors (Lipinski definition) is 1. The normalized spacial score (nSPS) is 20.3. The Kier molecular flexibility index (Phi) is 5.33. The van der Waals surface area contributed by atoms with Gasteiger partial charge in [0.2, 0.25) is 5.91 Å². The van der Waals surface area contributed by atoms with E-state index in [4.69, 9.17) is 4.74 Å². The first-order chi connectivity index (χ1) is 14.4. The van der Waals surface area contributed by atoms with Crippen LogP contribution in [-0.4, -0.2) is 40.0 Å². The highest BCUT2D eigenvalue weighted by Crippen LogP contribution is 2.45. The lowest BCUT2D eigenvalue weighted by Gasteiger charge is -2.36. The van der Waals surface area contributed by atoms with Crippen LogP contribution < -0.4 is 5.32 Å². The number of non-ortho nitro benzene ring substituents is 1. The molecule has 1 aromatic rings. The van der Waals surface area contributed by atoms with Crippen molar-refractivity contribution in [1.29, 1.82) is 0 Å². The summed E-state index contributed by atoms with van der Waals surface area (Å²) in [5, 5.41) is 16.5. The van der Waals surface area contributed by atoms with Crippen molar-refractivity contribution in [2.24, 2.45) is 4.99 Å². The Morgan fingerprint density at radius 2 is 2.03 bits per heavy atom. The van der Waals surface area contributed by atoms with Crippen molar-refractivity contribution in [2.75, 3.05) is 7.11 Å². The van der Waals surface area contributed by atoms with E-state index < -0.39 is 16.9 Å². The summed E-state index contributed by atoms with van der Waals surface area (Å²) in [6.07, 6.45) is 2.14. The van der Waals surface area contributed by atoms with Crippen LogP contribution in [-0.2, 0) is 14.3 Å². The van der Waals surface area contributed by atoms with Crippen molar-refractivity contribution >= 4 is 34.5 Å². The number of nitro benzene ring substituents is 1. The molecule has 1 atom stereocenters. The number of nitrogens with zero attached hydrogens (tertiary/aromatic N) is 3. The minimum Gasteiger partial charge on any atom is -0.466 e. The monoisotopic (exact) mass is 428 g/mol. The molecule has 1 unspecified atom stereocenters. The van der Waals surface area contributed by atoms with Gasteiger partial charge in [-0.2, -0.15) is 0 Å². The Labute approximate surface area is 177 Å². The highest BCUT2D eigenvalue weighted by atomic mass is 32.2. The molecule has 4 rings (SSSR count). The van der Waals surface area contributed by atoms with Crippen LogP contribution in [0.1, 0.15) is 37.8 Å². The number of amidine groups is 1. The number of amides is 1. The summed E-state index contributed by atoms with van der Waals surface area (Å²) in [4.78, 5) is 42.0. The summed E-state index contributed by atoms with van der Waals surface area (Å²) < 4.78 is 4.99. The van der Waals surface area contributed by atoms with Crippen LogP contribution in [0.5, 0.6) is 0 Å². The fourth-order valence-electron chi connectivity index (χ4n) is 3.51. The predicted molar refractivity (Wildman–Crippen MR) is 111 cm³/mol. The van der Waals surface area contributed by atoms with E-state index in [2.05, 4.69) is 10.3 Å². The third-order valence-corrected chi connectivity index (χ3v) is 6.00. The smallest absolute Gasteiger partial charge is 0.338 e. The average Bonchev–Trinajstić information content (AvgIpc) is 3.45. The molecule has 0 bridgehead atoms. The predicted octanol–water partition coefficient (Wildman–Crippen LogP) is 3.01. The second-order valence-corrected chi connectivity index (χ2v) is 8.09. The number of allylic oxidation sites excluding steroid dienone is 1. The second kappa shape index (κ2) is 7.94. The van der Waals surface area contributed by atoms with E-state index in [9.17, 15) is 19.7 Å². The van der Waals surface area contributed by atoms with Crippen LogP contribution in [0, 0.1) is 10.1 Å². The molecule has 1 aliphatic carbocycles. The number of fused-ring (bicyclic) bond motifs is 1. The first-order valence-corrected chi connectivity index (χ1v) is 10.3. The van der Waals surface area contributed by atoms with Gasteiger partial charge in [-0.1, -0.05) is 11.8 Å². The van der Waals surface area contributed by atoms with Gasteiger partial charge in [0.15, 0.2) is 5.17 Å². The van der Waals surface area contributed by atoms with E-state index in [-0.39, 0.29) is 24.1 Å². The summed E-state index contributed by atoms with van der Waals surface area (Å²) >= 11 is 1.38. The number of aliphatic imine (C=N–C) groups is 1. The van der Waals surface area contributed by atoms with Gasteiger partial charge in [0.05, 0.1) is 35.8 Å². The Bertz CT molecular complexity index is 1010. The quantitative estimate of drug-likeness (QED) is 0.421. The number of carbonyl (C=O) groups excluding carboxylic acids is 2. The van der Waals surface area contributed by atoms with Gasteiger partial charge in [0.25, 0.3) is 5.69 Å². The zero-order valence-electron chi connectivity index (χ0n) is 16.5. The highest BCUT2D eigenvalue weighted by molar-refractivity contribution is 8.16. The summed E-state index contributed by atoms with van der Waals surface area (Å²) in [7, 11) is 1.30. The summed E-state index contributed by atoms with van der Waals surface area (Å²) in [6, 6.07) is 5.69. The number of nitro groups is 1. The summed E-state index contributed by atoms with van der Waals surface area (Å²) in [6.45, 7) is 1.73. The lowest BCUT2D eigenvalue weighted by molar-refractivity contribution is -0.384. The van der Waals surface area contributed by atoms with Gasteiger partial charge >= 0.3 is 5.97 Å². The topological polar surface area (TPSA) is 114 Å². The van der Waals surface area contributed by atoms with Gasteiger partial charge in [0, 0.05) is 23.9 Å². The van der Waals surface area contributed by atoms with E-state index in [1.807, 2.05) is 10.3 Å². The first kappa shape index (κ1) is 20.1. The number of methoxy groups -OCH3 is 1. The zero-order chi connectivity index (χ0) is 21.4. The minimum absolute atomic E-state index is 0.0425. The van der Waals surface area contributed by atoms with Crippen molar-refractivity contribution < 1.29 is 19.2 Å². The molecule has 30 heavy (non-hydrogen) atoms. The molecule has 1 saturated carbocycles. The molecule has 2 aliphatic heterocycles. The fourth-order valence-corrected chi connectivity index (χ4v) is 4.47. The molecule has 0 radical (unpaired) electrons. The van der Waals surface area contributed by atoms with Crippen molar-refractivity contribution in [1.82, 2.24) is 10.2 Å². The number of thioether (sulfide) groups is 1. The molecular weight excluding hydrogens is 408 g/mol. The number of hydrogen-bond acceptors (Lipinski definition) is 8. The van der Waals surface area contributed by atoms with Crippen molar-refractivity contribution in [3.63, 3.8) is 0 Å². The average molecular weight is 428 g/mol. The molecular formula is C20H20N4O5S. The van der Waals surface area contributed by atoms with Crippen LogP contribution in [0.4, 0.5) is 5.69 Å². The number of carbonyl (C=O) groups is 2. The zero-order valence-corrected chi connectivity index (χ0v) is 17.3. The fraction of sp³-hybridized carbons (Fsp3) is 0.350. The number of esters is 1. The molecule has 156 valence electrons. The lowest BCUT2D eigenvalue weighted by atomic mass is 9.93. The Morgan fingerprint density at radius 1 is 1.33 bits per heavy atom. The van der Waals surface area contributed by atoms with Gasteiger partial charge in [-0.15, -0.1) is 0 Å². The molecule has 3 aliphatic rings. The third kappa shape index (κ3) is 3.82. The standard InChI is InChI=1S/C20H20N4O5S/c1-11-17(19(26)29-2)18(12-3-7-14(8-4-12)24(27)28)23-15(10-30-20(23)21-11)9-16(25)22-13-5-6-13/h3-4,7-8,10,13,18H,5-6,9H2,1-2H3,(H,22,25). The molecule has 10 heteroatoms. The molecule has 1 aromatic carbocycles. The third-order valence-electron chi connectivity index (χ3n) is 5.11. The van der Waals surface area contributed by atoms with Crippen LogP contribution in [0.3, 0.4) is 0 Å². The molecule has 0 spiro atoms. The molecule has 1 fully saturated rings. The van der Waals surface area contributed by atoms with E-state index in [0.717, 1.165) is 12.8 Å². The number of benzene rings is 1. The maximum Gasteiger partial charge on any atom is 0.338 e. The van der Waals surface area contributed by atoms with Gasteiger partial charge in [-0.3, -0.25) is 14.9 Å². The van der Waals surface area contributed by atoms with Gasteiger partial charge in [0.1, 0.15) is 0 Å². The Balaban J connectivity index is 1.71. The van der Waals surface area contributed by atoms with Crippen LogP contribution in [0.15, 0.2) is 51.6 Å². The Morgan fingerprint density at radius 3 is 2.63 bits per heavy atom. The second-order valence-electron chi connectivity index (χ2n) is 7.25. The van der Waals surface area contributed by atoms with Crippen molar-refractivity contribution in [3.05, 3.63) is 62.3 Å². The van der Waals surface area contributed by atoms with Crippen LogP contribution in [0.25, 0.3) is 0 Å². The number of ether oxygens (including phenoxy) is 1. The van der Waals surface area contributed by atoms with E-state index >= 15 is 0 Å². The SMILES string of the molecule is COC(=O)C1=C(C)N=C2SC=C(CC(=O)NC3CC3)N2C1c1ccc([N+](=O)[O-])cc1. The molecule has 0 saturated heterocycles. The maximum absolute atomic E-state index is 12.6. The summed E-state index contributed by atoms with van der Waals surface area (Å²) in [5.41, 5.74) is 2.20. The van der Waals surface area contributed by atoms with Gasteiger partial charge in [-0.25, -0.2) is 9.79 Å². The van der Waals surface area contributed by atoms with Crippen molar-refractivity contribution in [2.45, 2.75) is 38.3 Å². The summed E-state index contributed by atoms with van der Waals surface area (Å²) in [5.74, 6) is -0.615. The molecule has 9 nitrogen and oxygen atoms in total. The lowest BCUT2D eigenvalue weighted by Crippen LogP contribution is -2.38. The molecule has 1 amide bonds. The van der Waals surface area contributed by atoms with Crippen molar-refractivity contribution in [3.8, 4) is 0 Å². The van der Waals surface area contributed by atoms with E-state index in [1.54, 1.807) is 19.1 Å². The first-order valence-electron chi connectivity index (χ1n) is 9.45. The van der Waals surface area contributed by atoms with Crippen LogP contribution >= 0.6 is 11.8 Å².